The minimum Gasteiger partial charge on any atom is -0.490 e. The van der Waals surface area contributed by atoms with E-state index in [0.717, 1.165) is 11.1 Å². The Kier molecular flexibility index (Phi) is 7.30. The van der Waals surface area contributed by atoms with Gasteiger partial charge in [0.15, 0.2) is 16.6 Å². The maximum atomic E-state index is 13.0. The highest BCUT2D eigenvalue weighted by molar-refractivity contribution is 7.80. The SMILES string of the molecule is CCOc1ccc(C2NC(=S)NC(C)=C2C(=O)OCc2ccccc2)cc1OCC. The fourth-order valence-corrected chi connectivity index (χ4v) is 3.53. The summed E-state index contributed by atoms with van der Waals surface area (Å²) in [5.74, 6) is 0.877. The van der Waals surface area contributed by atoms with Crippen LogP contribution in [0.5, 0.6) is 11.5 Å². The van der Waals surface area contributed by atoms with Gasteiger partial charge in [-0.3, -0.25) is 0 Å². The molecule has 1 heterocycles. The molecule has 0 bridgehead atoms. The molecule has 7 heteroatoms. The summed E-state index contributed by atoms with van der Waals surface area (Å²) in [5, 5.41) is 6.65. The first-order valence-electron chi connectivity index (χ1n) is 9.92. The molecule has 0 fully saturated rings. The maximum Gasteiger partial charge on any atom is 0.338 e. The normalized spacial score (nSPS) is 15.8. The first kappa shape index (κ1) is 21.6. The third kappa shape index (κ3) is 5.10. The van der Waals surface area contributed by atoms with Crippen LogP contribution in [0, 0.1) is 0 Å². The lowest BCUT2D eigenvalue weighted by Gasteiger charge is -2.30. The van der Waals surface area contributed by atoms with E-state index in [2.05, 4.69) is 10.6 Å². The Bertz CT molecular complexity index is 943. The molecule has 1 unspecified atom stereocenters. The van der Waals surface area contributed by atoms with Gasteiger partial charge in [0.1, 0.15) is 6.61 Å². The van der Waals surface area contributed by atoms with Crippen LogP contribution in [0.25, 0.3) is 0 Å². The van der Waals surface area contributed by atoms with E-state index in [1.54, 1.807) is 0 Å². The minimum absolute atomic E-state index is 0.196. The van der Waals surface area contributed by atoms with E-state index < -0.39 is 12.0 Å². The summed E-state index contributed by atoms with van der Waals surface area (Å²) in [6.45, 7) is 6.88. The molecule has 158 valence electrons. The number of benzene rings is 2. The quantitative estimate of drug-likeness (QED) is 0.488. The van der Waals surface area contributed by atoms with E-state index in [4.69, 9.17) is 26.4 Å². The molecule has 0 aliphatic carbocycles. The number of thiocarbonyl (C=S) groups is 1. The highest BCUT2D eigenvalue weighted by atomic mass is 32.1. The Balaban J connectivity index is 1.89. The van der Waals surface area contributed by atoms with Gasteiger partial charge in [0.2, 0.25) is 0 Å². The maximum absolute atomic E-state index is 13.0. The van der Waals surface area contributed by atoms with Crippen molar-refractivity contribution < 1.29 is 19.0 Å². The minimum atomic E-state index is -0.461. The van der Waals surface area contributed by atoms with Gasteiger partial charge in [0.25, 0.3) is 0 Å². The molecular formula is C23H26N2O4S. The van der Waals surface area contributed by atoms with Crippen molar-refractivity contribution in [1.82, 2.24) is 10.6 Å². The van der Waals surface area contributed by atoms with Gasteiger partial charge in [-0.05, 0) is 56.2 Å². The van der Waals surface area contributed by atoms with Crippen molar-refractivity contribution in [3.05, 3.63) is 70.9 Å². The molecule has 6 nitrogen and oxygen atoms in total. The van der Waals surface area contributed by atoms with E-state index in [-0.39, 0.29) is 6.61 Å². The number of allylic oxidation sites excluding steroid dienone is 1. The number of rotatable bonds is 8. The number of esters is 1. The largest absolute Gasteiger partial charge is 0.490 e. The highest BCUT2D eigenvalue weighted by Crippen LogP contribution is 2.35. The van der Waals surface area contributed by atoms with E-state index in [9.17, 15) is 4.79 Å². The van der Waals surface area contributed by atoms with Crippen LogP contribution in [0.3, 0.4) is 0 Å². The fraction of sp³-hybridized carbons (Fsp3) is 0.304. The van der Waals surface area contributed by atoms with Crippen molar-refractivity contribution >= 4 is 23.3 Å². The van der Waals surface area contributed by atoms with E-state index in [1.807, 2.05) is 69.3 Å². The van der Waals surface area contributed by atoms with Crippen LogP contribution in [0.4, 0.5) is 0 Å². The Morgan fingerprint density at radius 2 is 1.73 bits per heavy atom. The Morgan fingerprint density at radius 1 is 1.03 bits per heavy atom. The lowest BCUT2D eigenvalue weighted by molar-refractivity contribution is -0.140. The van der Waals surface area contributed by atoms with Gasteiger partial charge in [0.05, 0.1) is 24.8 Å². The highest BCUT2D eigenvalue weighted by Gasteiger charge is 2.31. The van der Waals surface area contributed by atoms with Gasteiger partial charge >= 0.3 is 5.97 Å². The van der Waals surface area contributed by atoms with Crippen molar-refractivity contribution in [1.29, 1.82) is 0 Å². The smallest absolute Gasteiger partial charge is 0.338 e. The van der Waals surface area contributed by atoms with Crippen molar-refractivity contribution in [2.45, 2.75) is 33.4 Å². The summed E-state index contributed by atoms with van der Waals surface area (Å²) in [5.41, 5.74) is 2.89. The van der Waals surface area contributed by atoms with Crippen LogP contribution in [0.15, 0.2) is 59.8 Å². The van der Waals surface area contributed by atoms with Crippen LogP contribution in [-0.2, 0) is 16.1 Å². The number of carbonyl (C=O) groups excluding carboxylic acids is 1. The second kappa shape index (κ2) is 10.1. The number of hydrogen-bond acceptors (Lipinski definition) is 5. The van der Waals surface area contributed by atoms with Crippen molar-refractivity contribution in [3.63, 3.8) is 0 Å². The van der Waals surface area contributed by atoms with Crippen LogP contribution in [-0.4, -0.2) is 24.3 Å². The van der Waals surface area contributed by atoms with Gasteiger partial charge in [0, 0.05) is 5.70 Å². The van der Waals surface area contributed by atoms with Crippen LogP contribution in [0.1, 0.15) is 37.9 Å². The number of hydrogen-bond donors (Lipinski definition) is 2. The summed E-state index contributed by atoms with van der Waals surface area (Å²) in [7, 11) is 0. The summed E-state index contributed by atoms with van der Waals surface area (Å²) in [6, 6.07) is 14.7. The second-order valence-corrected chi connectivity index (χ2v) is 7.11. The zero-order valence-corrected chi connectivity index (χ0v) is 18.2. The molecule has 2 N–H and O–H groups in total. The van der Waals surface area contributed by atoms with Crippen LogP contribution >= 0.6 is 12.2 Å². The van der Waals surface area contributed by atoms with Gasteiger partial charge < -0.3 is 24.8 Å². The molecule has 2 aromatic rings. The van der Waals surface area contributed by atoms with Crippen LogP contribution in [0.2, 0.25) is 0 Å². The first-order chi connectivity index (χ1) is 14.5. The van der Waals surface area contributed by atoms with E-state index in [0.29, 0.717) is 41.1 Å². The molecule has 2 aromatic carbocycles. The average molecular weight is 427 g/mol. The molecule has 0 aromatic heterocycles. The first-order valence-corrected chi connectivity index (χ1v) is 10.3. The van der Waals surface area contributed by atoms with Gasteiger partial charge in [-0.1, -0.05) is 36.4 Å². The summed E-state index contributed by atoms with van der Waals surface area (Å²) in [6.07, 6.45) is 0. The number of ether oxygens (including phenoxy) is 3. The zero-order valence-electron chi connectivity index (χ0n) is 17.4. The fourth-order valence-electron chi connectivity index (χ4n) is 3.26. The molecule has 1 aliphatic rings. The molecule has 3 rings (SSSR count). The van der Waals surface area contributed by atoms with Crippen LogP contribution < -0.4 is 20.1 Å². The van der Waals surface area contributed by atoms with Gasteiger partial charge in [-0.2, -0.15) is 0 Å². The standard InChI is InChI=1S/C23H26N2O4S/c1-4-27-18-12-11-17(13-19(18)28-5-2)21-20(15(3)24-23(30)25-21)22(26)29-14-16-9-7-6-8-10-16/h6-13,21H,4-5,14H2,1-3H3,(H2,24,25,30). The average Bonchev–Trinajstić information content (AvgIpc) is 2.74. The van der Waals surface area contributed by atoms with Crippen molar-refractivity contribution in [2.75, 3.05) is 13.2 Å². The third-order valence-electron chi connectivity index (χ3n) is 4.60. The number of nitrogens with one attached hydrogen (secondary N) is 2. The molecule has 0 radical (unpaired) electrons. The predicted octanol–water partition coefficient (Wildman–Crippen LogP) is 4.02. The molecular weight excluding hydrogens is 400 g/mol. The van der Waals surface area contributed by atoms with Gasteiger partial charge in [-0.15, -0.1) is 0 Å². The number of carbonyl (C=O) groups is 1. The second-order valence-electron chi connectivity index (χ2n) is 6.70. The lowest BCUT2D eigenvalue weighted by atomic mass is 9.95. The lowest BCUT2D eigenvalue weighted by Crippen LogP contribution is -2.45. The zero-order chi connectivity index (χ0) is 21.5. The summed E-state index contributed by atoms with van der Waals surface area (Å²) >= 11 is 5.33. The molecule has 1 atom stereocenters. The van der Waals surface area contributed by atoms with Crippen molar-refractivity contribution in [2.24, 2.45) is 0 Å². The Morgan fingerprint density at radius 3 is 2.43 bits per heavy atom. The topological polar surface area (TPSA) is 68.8 Å². The molecule has 0 saturated carbocycles. The van der Waals surface area contributed by atoms with E-state index >= 15 is 0 Å². The predicted molar refractivity (Wildman–Crippen MR) is 119 cm³/mol. The summed E-state index contributed by atoms with van der Waals surface area (Å²) < 4.78 is 17.0. The molecule has 0 spiro atoms. The Hall–Kier alpha value is -3.06. The van der Waals surface area contributed by atoms with Crippen molar-refractivity contribution in [3.8, 4) is 11.5 Å². The Labute approximate surface area is 182 Å². The molecule has 0 amide bonds. The summed E-state index contributed by atoms with van der Waals surface area (Å²) in [4.78, 5) is 13.0. The molecule has 30 heavy (non-hydrogen) atoms. The third-order valence-corrected chi connectivity index (χ3v) is 4.82. The molecule has 1 aliphatic heterocycles. The molecule has 0 saturated heterocycles. The van der Waals surface area contributed by atoms with E-state index in [1.165, 1.54) is 0 Å². The van der Waals surface area contributed by atoms with Gasteiger partial charge in [-0.25, -0.2) is 4.79 Å². The monoisotopic (exact) mass is 426 g/mol.